The molecular weight excluding hydrogens is 808 g/mol. The number of nitrogens with one attached hydrogen (secondary N) is 1. The van der Waals surface area contributed by atoms with Crippen LogP contribution in [0, 0.1) is 35.5 Å². The Balaban J connectivity index is 0.851. The average molecular weight is 867 g/mol. The van der Waals surface area contributed by atoms with Crippen LogP contribution in [0.5, 0.6) is 11.6 Å². The number of ether oxygens (including phenoxy) is 3. The highest BCUT2D eigenvalue weighted by atomic mass is 19.1. The van der Waals surface area contributed by atoms with Gasteiger partial charge in [0, 0.05) is 80.9 Å². The van der Waals surface area contributed by atoms with E-state index in [0.29, 0.717) is 59.7 Å². The van der Waals surface area contributed by atoms with Crippen molar-refractivity contribution in [3.05, 3.63) is 63.7 Å². The second-order valence-corrected chi connectivity index (χ2v) is 17.5. The summed E-state index contributed by atoms with van der Waals surface area (Å²) >= 11 is 0. The van der Waals surface area contributed by atoms with Crippen LogP contribution in [-0.2, 0) is 32.6 Å². The van der Waals surface area contributed by atoms with Gasteiger partial charge in [0.1, 0.15) is 11.8 Å². The number of piperidine rings is 1. The fourth-order valence-electron chi connectivity index (χ4n) is 9.64. The molecule has 0 radical (unpaired) electrons. The van der Waals surface area contributed by atoms with Gasteiger partial charge >= 0.3 is 5.69 Å². The fraction of sp³-hybridized carbons (Fsp3) is 0.542. The monoisotopic (exact) mass is 866 g/mol. The molecule has 3 N–H and O–H groups in total. The van der Waals surface area contributed by atoms with E-state index in [-0.39, 0.29) is 60.0 Å². The number of carbonyl (C=O) groups is 4. The number of fused-ring (bicyclic) bond motifs is 2. The number of nitrogens with zero attached hydrogens (tertiary/aromatic N) is 4. The first-order valence-electron chi connectivity index (χ1n) is 22.3. The van der Waals surface area contributed by atoms with Crippen molar-refractivity contribution in [3.63, 3.8) is 0 Å². The molecule has 14 nitrogen and oxygen atoms in total. The highest BCUT2D eigenvalue weighted by Crippen LogP contribution is 2.37. The number of methoxy groups -OCH3 is 1. The van der Waals surface area contributed by atoms with Crippen molar-refractivity contribution in [2.45, 2.75) is 89.8 Å². The summed E-state index contributed by atoms with van der Waals surface area (Å²) in [6.45, 7) is 5.30. The Bertz CT molecular complexity index is 2480. The van der Waals surface area contributed by atoms with Gasteiger partial charge in [-0.1, -0.05) is 24.8 Å². The molecule has 3 fully saturated rings. The first-order valence-corrected chi connectivity index (χ1v) is 22.3. The van der Waals surface area contributed by atoms with Gasteiger partial charge in [0.15, 0.2) is 12.0 Å². The van der Waals surface area contributed by atoms with Crippen LogP contribution in [-0.4, -0.2) is 95.8 Å². The maximum atomic E-state index is 14.5. The number of aromatic nitrogens is 3. The number of Topliss-reactive ketones (excluding diaryl/α,β-unsaturated/α-hetero) is 1. The molecule has 15 heteroatoms. The number of rotatable bonds is 17. The topological polar surface area (TPSA) is 177 Å². The van der Waals surface area contributed by atoms with Crippen LogP contribution in [0.15, 0.2) is 41.3 Å². The van der Waals surface area contributed by atoms with Crippen LogP contribution in [0.3, 0.4) is 0 Å². The van der Waals surface area contributed by atoms with E-state index in [1.54, 1.807) is 29.9 Å². The van der Waals surface area contributed by atoms with E-state index < -0.39 is 29.9 Å². The van der Waals surface area contributed by atoms with Gasteiger partial charge in [-0.05, 0) is 101 Å². The molecule has 2 saturated carbocycles. The number of hydrogen-bond donors (Lipinski definition) is 2. The lowest BCUT2D eigenvalue weighted by molar-refractivity contribution is -0.135. The number of benzene rings is 2. The zero-order chi connectivity index (χ0) is 44.8. The summed E-state index contributed by atoms with van der Waals surface area (Å²) in [5, 5.41) is 3.61. The van der Waals surface area contributed by atoms with E-state index in [0.717, 1.165) is 69.1 Å². The highest BCUT2D eigenvalue weighted by Gasteiger charge is 2.42. The van der Waals surface area contributed by atoms with Crippen molar-refractivity contribution >= 4 is 45.3 Å². The molecule has 0 bridgehead atoms. The fourth-order valence-corrected chi connectivity index (χ4v) is 9.64. The molecule has 4 aromatic rings. The summed E-state index contributed by atoms with van der Waals surface area (Å²) in [4.78, 5) is 68.7. The Hall–Kier alpha value is -5.59. The van der Waals surface area contributed by atoms with Crippen LogP contribution in [0.4, 0.5) is 4.39 Å². The Morgan fingerprint density at radius 3 is 2.54 bits per heavy atom. The summed E-state index contributed by atoms with van der Waals surface area (Å²) in [6, 6.07) is 8.53. The van der Waals surface area contributed by atoms with Crippen molar-refractivity contribution < 1.29 is 37.8 Å². The van der Waals surface area contributed by atoms with Crippen molar-refractivity contribution in [2.24, 2.45) is 36.5 Å². The lowest BCUT2D eigenvalue weighted by Gasteiger charge is -2.29. The highest BCUT2D eigenvalue weighted by molar-refractivity contribution is 6.03. The molecular formula is C48H59FN6O8. The third kappa shape index (κ3) is 10.3. The van der Waals surface area contributed by atoms with E-state index in [1.807, 2.05) is 25.1 Å². The third-order valence-electron chi connectivity index (χ3n) is 13.2. The molecule has 2 aromatic carbocycles. The lowest BCUT2D eigenvalue weighted by Crippen LogP contribution is -2.44. The van der Waals surface area contributed by atoms with Crippen molar-refractivity contribution in [3.8, 4) is 23.5 Å². The van der Waals surface area contributed by atoms with Gasteiger partial charge in [0.2, 0.25) is 17.7 Å². The van der Waals surface area contributed by atoms with E-state index in [4.69, 9.17) is 19.9 Å². The predicted molar refractivity (Wildman–Crippen MR) is 236 cm³/mol. The third-order valence-corrected chi connectivity index (χ3v) is 13.2. The number of halogens is 1. The smallest absolute Gasteiger partial charge is 0.329 e. The molecule has 1 saturated heterocycles. The van der Waals surface area contributed by atoms with Crippen molar-refractivity contribution in [2.75, 3.05) is 47.1 Å². The molecule has 1 aliphatic heterocycles. The Morgan fingerprint density at radius 1 is 1.03 bits per heavy atom. The molecule has 63 heavy (non-hydrogen) atoms. The number of hydrogen-bond acceptors (Lipinski definition) is 10. The zero-order valence-electron chi connectivity index (χ0n) is 36.8. The number of pyridine rings is 1. The Kier molecular flexibility index (Phi) is 14.6. The summed E-state index contributed by atoms with van der Waals surface area (Å²) in [6.07, 6.45) is 8.09. The Labute approximate surface area is 367 Å². The van der Waals surface area contributed by atoms with Crippen molar-refractivity contribution in [1.29, 1.82) is 0 Å². The van der Waals surface area contributed by atoms with Gasteiger partial charge in [0.05, 0.1) is 35.9 Å². The number of amides is 3. The number of nitrogens with two attached hydrogens (primary N) is 1. The van der Waals surface area contributed by atoms with Crippen LogP contribution in [0.25, 0.3) is 21.8 Å². The zero-order valence-corrected chi connectivity index (χ0v) is 36.8. The van der Waals surface area contributed by atoms with Gasteiger partial charge in [-0.15, -0.1) is 0 Å². The first-order chi connectivity index (χ1) is 30.4. The molecule has 2 aliphatic carbocycles. The second kappa shape index (κ2) is 20.3. The lowest BCUT2D eigenvalue weighted by atomic mass is 9.82. The van der Waals surface area contributed by atoms with Gasteiger partial charge in [-0.3, -0.25) is 33.6 Å². The molecule has 0 spiro atoms. The van der Waals surface area contributed by atoms with Gasteiger partial charge in [-0.25, -0.2) is 14.2 Å². The molecule has 7 rings (SSSR count). The van der Waals surface area contributed by atoms with Crippen LogP contribution < -0.4 is 26.2 Å². The Morgan fingerprint density at radius 2 is 1.81 bits per heavy atom. The average Bonchev–Trinajstić information content (AvgIpc) is 3.69. The summed E-state index contributed by atoms with van der Waals surface area (Å²) in [5.74, 6) is 5.81. The first kappa shape index (κ1) is 45.4. The van der Waals surface area contributed by atoms with Crippen molar-refractivity contribution in [1.82, 2.24) is 24.3 Å². The normalized spacial score (nSPS) is 22.7. The van der Waals surface area contributed by atoms with Gasteiger partial charge in [0.25, 0.3) is 5.91 Å². The summed E-state index contributed by atoms with van der Waals surface area (Å²) in [7, 11) is 5.33. The molecule has 1 unspecified atom stereocenters. The molecule has 2 aromatic heterocycles. The number of imidazole rings is 1. The van der Waals surface area contributed by atoms with E-state index in [9.17, 15) is 28.4 Å². The maximum Gasteiger partial charge on any atom is 0.329 e. The number of imide groups is 1. The van der Waals surface area contributed by atoms with Gasteiger partial charge < -0.3 is 24.8 Å². The van der Waals surface area contributed by atoms with E-state index in [2.05, 4.69) is 34.1 Å². The number of carbonyl (C=O) groups excluding carboxylic acids is 4. The minimum atomic E-state index is -1.47. The van der Waals surface area contributed by atoms with E-state index >= 15 is 0 Å². The predicted octanol–water partition coefficient (Wildman–Crippen LogP) is 5.43. The minimum absolute atomic E-state index is 0.133. The van der Waals surface area contributed by atoms with Crippen LogP contribution in [0.1, 0.15) is 98.7 Å². The summed E-state index contributed by atoms with van der Waals surface area (Å²) < 4.78 is 35.2. The quantitative estimate of drug-likeness (QED) is 0.0791. The largest absolute Gasteiger partial charge is 0.496 e. The number of aryl methyl sites for hydroxylation is 2. The molecule has 336 valence electrons. The SMILES string of the molecule is CC[C@H]1[C@@H](COc2ncc(C#CC3CCC(CN(C)CCCOCCCc4ccc5c(c4)n(C)c(=O)n5C4CCC(=O)NC4=O)CC3)c3cc(C(N)=O)c(OC)cc23)CC(=O)[C@H]1F. The number of ketones is 1. The molecule has 3 heterocycles. The minimum Gasteiger partial charge on any atom is -0.496 e. The van der Waals surface area contributed by atoms with E-state index in [1.165, 1.54) is 11.7 Å². The second-order valence-electron chi connectivity index (χ2n) is 17.5. The van der Waals surface area contributed by atoms with Crippen LogP contribution >= 0.6 is 0 Å². The maximum absolute atomic E-state index is 14.5. The standard InChI is InChI=1S/C48H59FN6O8/c1-5-34-33(23-41(56)44(34)49)28-63-47-36-25-42(61-4)37(45(50)58)24-35(36)32(26-51-47)15-13-29-9-11-31(12-10-29)27-53(2)19-7-21-62-20-6-8-30-14-16-38-40(22-30)54(3)48(60)55(38)39-17-18-43(57)52-46(39)59/h14,16,22,24-26,29,31,33-34,39,44H,5-12,17-21,23,27-28H2,1-4H3,(H2,50,58)(H,52,57,59)/t29?,31?,33-,34+,39?,44+/m1/s1. The molecule has 3 amide bonds. The molecule has 3 aliphatic rings. The number of alkyl halides is 1. The van der Waals surface area contributed by atoms with Crippen LogP contribution in [0.2, 0.25) is 0 Å². The van der Waals surface area contributed by atoms with Gasteiger partial charge in [-0.2, -0.15) is 0 Å². The number of primary amides is 1. The summed E-state index contributed by atoms with van der Waals surface area (Å²) in [5.41, 5.74) is 8.85. The molecule has 4 atom stereocenters.